The molecule has 12 fully saturated rings. The Kier molecular flexibility index (Phi) is 42.8. The molecular formula is C140H234F6. The second-order valence-electron chi connectivity index (χ2n) is 65.9. The van der Waals surface area contributed by atoms with E-state index in [1.807, 2.05) is 20.8 Å². The van der Waals surface area contributed by atoms with Gasteiger partial charge in [0.15, 0.2) is 0 Å². The van der Waals surface area contributed by atoms with Crippen LogP contribution in [0.4, 0.5) is 26.3 Å². The molecule has 0 amide bonds. The average Bonchev–Trinajstić information content (AvgIpc) is 0.755. The van der Waals surface area contributed by atoms with Crippen molar-refractivity contribution in [1.82, 2.24) is 0 Å². The molecule has 0 atom stereocenters. The van der Waals surface area contributed by atoms with E-state index >= 15 is 0 Å². The highest BCUT2D eigenvalue weighted by Gasteiger charge is 2.58. The lowest BCUT2D eigenvalue weighted by molar-refractivity contribution is -0.211. The van der Waals surface area contributed by atoms with Crippen LogP contribution >= 0.6 is 0 Å². The molecule has 17 rings (SSSR count). The van der Waals surface area contributed by atoms with E-state index in [9.17, 15) is 26.3 Å². The molecule has 12 aliphatic rings. The minimum absolute atomic E-state index is 0.111. The third kappa shape index (κ3) is 37.2. The molecule has 146 heavy (non-hydrogen) atoms. The largest absolute Gasteiger partial charge is 0.394 e. The van der Waals surface area contributed by atoms with Crippen LogP contribution in [0.15, 0.2) is 91.0 Å². The molecule has 0 aromatic heterocycles. The Labute approximate surface area is 903 Å². The number of alkyl halides is 6. The van der Waals surface area contributed by atoms with Gasteiger partial charge in [0.2, 0.25) is 0 Å². The lowest BCUT2D eigenvalue weighted by atomic mass is 9.43. The number of benzene rings is 5. The molecule has 0 radical (unpaired) electrons. The van der Waals surface area contributed by atoms with Crippen LogP contribution in [-0.4, -0.2) is 12.4 Å². The fourth-order valence-corrected chi connectivity index (χ4v) is 29.3. The molecule has 12 aliphatic carbocycles. The normalized spacial score (nSPS) is 24.9. The first-order valence-electron chi connectivity index (χ1n) is 59.6. The average molecular weight is 2030 g/mol. The molecule has 5 aromatic rings. The van der Waals surface area contributed by atoms with Crippen LogP contribution in [0.25, 0.3) is 0 Å². The van der Waals surface area contributed by atoms with Crippen LogP contribution in [0.2, 0.25) is 0 Å². The second-order valence-corrected chi connectivity index (χ2v) is 65.9. The summed E-state index contributed by atoms with van der Waals surface area (Å²) in [6.45, 7) is 115. The number of rotatable bonds is 12. The fourth-order valence-electron chi connectivity index (χ4n) is 29.3. The Morgan fingerprint density at radius 1 is 0.274 bits per heavy atom. The van der Waals surface area contributed by atoms with Crippen molar-refractivity contribution in [3.63, 3.8) is 0 Å². The standard InChI is InChI=1S/C20H28F6.C20H34.2C18H30.C16H26.3C14H24.C6H14/c1-16(2,3)15-13(11-17(4,5)19(21,22)23)9-8-10-14(15)12-18(6,7)20(24,25)26;1-18(2,3)13-15-11-10-12-16(14-19(4,5)6)17(15)20(7,8)9;1-16(2,3)13-11-10-12-14(17(4,5)6)15(13)18(7,8)9;1-13(2)11-15-9-8-10-16(12-14(3)4)17(15)18(5,6)7;1-11(2)13-9-8-10-14(12(3)4)15(13)16(5,6)7;1-13(2,3)14-7-10-4-11(8-14)6-12(5-10)9-14;2*1-14(2,3)13-11-5-9-4-10(7-11)8-12(13)6-9;1-5-6(2,3)4/h8-10H,11-12H2,1-7H3;10-12H,13-14H2,1-9H3;10-12H,1-9H3;8-10,13-14H,11-12H2,1-7H3;8-12H,1-7H3;10-12H,4-9H2,1-3H3;2*9-13H,4-8H2,1-3H3;5H2,1-4H3/i;;;;;;13D;;. The van der Waals surface area contributed by atoms with Crippen molar-refractivity contribution in [2.45, 2.75) is 570 Å². The van der Waals surface area contributed by atoms with Gasteiger partial charge >= 0.3 is 12.4 Å². The minimum Gasteiger partial charge on any atom is -0.171 e. The van der Waals surface area contributed by atoms with Crippen molar-refractivity contribution in [3.05, 3.63) is 174 Å². The molecule has 0 aliphatic heterocycles. The quantitative estimate of drug-likeness (QED) is 0.109. The molecule has 0 nitrogen and oxygen atoms in total. The van der Waals surface area contributed by atoms with Crippen molar-refractivity contribution < 1.29 is 27.7 Å². The van der Waals surface area contributed by atoms with E-state index in [0.29, 0.717) is 67.4 Å². The molecule has 0 spiro atoms. The van der Waals surface area contributed by atoms with Gasteiger partial charge in [0.05, 0.1) is 10.8 Å². The van der Waals surface area contributed by atoms with Gasteiger partial charge in [-0.1, -0.05) is 457 Å². The first kappa shape index (κ1) is 129. The van der Waals surface area contributed by atoms with E-state index in [0.717, 1.165) is 117 Å². The highest BCUT2D eigenvalue weighted by Crippen LogP contribution is 2.67. The summed E-state index contributed by atoms with van der Waals surface area (Å²) in [5, 5.41) is 0. The predicted molar refractivity (Wildman–Crippen MR) is 632 cm³/mol. The summed E-state index contributed by atoms with van der Waals surface area (Å²) in [6, 6.07) is 32.2. The van der Waals surface area contributed by atoms with Crippen molar-refractivity contribution >= 4 is 0 Å². The molecule has 0 heterocycles. The monoisotopic (exact) mass is 2030 g/mol. The van der Waals surface area contributed by atoms with Gasteiger partial charge in [0, 0.05) is 1.37 Å². The zero-order valence-electron chi connectivity index (χ0n) is 106. The van der Waals surface area contributed by atoms with Crippen LogP contribution in [0, 0.1) is 137 Å². The Morgan fingerprint density at radius 2 is 0.514 bits per heavy atom. The van der Waals surface area contributed by atoms with E-state index < -0.39 is 28.6 Å². The highest BCUT2D eigenvalue weighted by molar-refractivity contribution is 5.49. The molecule has 0 N–H and O–H groups in total. The smallest absolute Gasteiger partial charge is 0.171 e. The van der Waals surface area contributed by atoms with E-state index in [2.05, 4.69) is 384 Å². The Balaban J connectivity index is 0.000000256. The van der Waals surface area contributed by atoms with Crippen LogP contribution in [-0.2, 0) is 76.4 Å². The summed E-state index contributed by atoms with van der Waals surface area (Å²) in [5.74, 6) is 14.8. The van der Waals surface area contributed by atoms with Crippen LogP contribution < -0.4 is 0 Å². The van der Waals surface area contributed by atoms with Gasteiger partial charge < -0.3 is 0 Å². The highest BCUT2D eigenvalue weighted by atomic mass is 19.4. The first-order chi connectivity index (χ1) is 65.9. The van der Waals surface area contributed by atoms with Crippen LogP contribution in [0.1, 0.15) is 566 Å². The molecule has 836 valence electrons. The van der Waals surface area contributed by atoms with Gasteiger partial charge in [-0.15, -0.1) is 0 Å². The van der Waals surface area contributed by atoms with Gasteiger partial charge in [0.25, 0.3) is 0 Å². The van der Waals surface area contributed by atoms with Gasteiger partial charge in [0.1, 0.15) is 0 Å². The molecular weight excluding hydrogens is 1800 g/mol. The summed E-state index contributed by atoms with van der Waals surface area (Å²) in [4.78, 5) is 0. The number of hydrogen-bond donors (Lipinski definition) is 0. The van der Waals surface area contributed by atoms with Gasteiger partial charge in [-0.3, -0.25) is 0 Å². The number of halogens is 6. The fraction of sp³-hybridized carbons (Fsp3) is 0.786. The van der Waals surface area contributed by atoms with E-state index in [1.54, 1.807) is 117 Å². The Hall–Kier alpha value is -4.32. The summed E-state index contributed by atoms with van der Waals surface area (Å²) >= 11 is 0. The van der Waals surface area contributed by atoms with E-state index in [4.69, 9.17) is 1.37 Å². The van der Waals surface area contributed by atoms with Crippen molar-refractivity contribution in [3.8, 4) is 0 Å². The Morgan fingerprint density at radius 3 is 0.733 bits per heavy atom. The van der Waals surface area contributed by atoms with E-state index in [-0.39, 0.29) is 56.6 Å². The van der Waals surface area contributed by atoms with Gasteiger partial charge in [-0.25, -0.2) is 0 Å². The van der Waals surface area contributed by atoms with Crippen LogP contribution in [0.5, 0.6) is 0 Å². The van der Waals surface area contributed by atoms with Gasteiger partial charge in [-0.2, -0.15) is 26.3 Å². The predicted octanol–water partition coefficient (Wildman–Crippen LogP) is 44.5. The molecule has 0 unspecified atom stereocenters. The number of hydrogen-bond acceptors (Lipinski definition) is 0. The molecule has 12 bridgehead atoms. The third-order valence-electron chi connectivity index (χ3n) is 34.8. The van der Waals surface area contributed by atoms with Gasteiger partial charge in [-0.05, 0) is 401 Å². The molecule has 5 aromatic carbocycles. The maximum absolute atomic E-state index is 13.3. The van der Waals surface area contributed by atoms with Crippen LogP contribution in [0.3, 0.4) is 0 Å². The zero-order valence-corrected chi connectivity index (χ0v) is 105. The maximum atomic E-state index is 13.3. The van der Waals surface area contributed by atoms with Crippen molar-refractivity contribution in [1.29, 1.82) is 0 Å². The third-order valence-corrected chi connectivity index (χ3v) is 34.8. The van der Waals surface area contributed by atoms with Crippen molar-refractivity contribution in [2.24, 2.45) is 137 Å². The first-order valence-corrected chi connectivity index (χ1v) is 59.1. The summed E-state index contributed by atoms with van der Waals surface area (Å²) < 4.78 is 89.0. The lowest BCUT2D eigenvalue weighted by Gasteiger charge is -2.62. The summed E-state index contributed by atoms with van der Waals surface area (Å²) in [6.07, 6.45) is 20.9. The maximum Gasteiger partial charge on any atom is 0.394 e. The van der Waals surface area contributed by atoms with Crippen molar-refractivity contribution in [2.75, 3.05) is 0 Å². The lowest BCUT2D eigenvalue weighted by Crippen LogP contribution is -2.51. The molecule has 6 heteroatoms. The zero-order chi connectivity index (χ0) is 113. The molecule has 0 saturated heterocycles. The SMILES string of the molecule is CC(C)(C)C12CC3CC(CC(C3)C1)C2.CC(C)(C)C1C2CC3CC(C2)CC1C3.CC(C)(C)Cc1cccc(CC(C)(C)C)c1C(C)(C)C.CC(C)(C)c1c(CC(C)(C)C(F)(F)F)cccc1CC(C)(C)C(F)(F)F.CC(C)(C)c1cccc(C(C)(C)C)c1C(C)(C)C.CC(C)Cc1cccc(CC(C)C)c1C(C)(C)C.CC(C)c1cccc(C(C)C)c1C(C)(C)C.CCC(C)(C)C.[2H]C1(C(C)(C)C)C2CC3CC(C2)CC1C3. The molecule has 12 saturated carbocycles. The summed E-state index contributed by atoms with van der Waals surface area (Å²) in [5.41, 5.74) is 19.9. The topological polar surface area (TPSA) is 0 Å². The Bertz CT molecular complexity index is 4640. The minimum atomic E-state index is -4.40. The second kappa shape index (κ2) is 48.6. The van der Waals surface area contributed by atoms with E-state index in [1.165, 1.54) is 90.3 Å². The summed E-state index contributed by atoms with van der Waals surface area (Å²) in [7, 11) is 0.